The minimum atomic E-state index is -3.69. The molecule has 1 heterocycles. The Morgan fingerprint density at radius 1 is 1.20 bits per heavy atom. The molecule has 1 amide bonds. The number of nitrogens with one attached hydrogen (secondary N) is 1. The molecule has 1 aliphatic heterocycles. The number of hydrogen-bond donors (Lipinski definition) is 1. The Morgan fingerprint density at radius 2 is 1.88 bits per heavy atom. The van der Waals surface area contributed by atoms with Crippen molar-refractivity contribution in [2.24, 2.45) is 0 Å². The maximum Gasteiger partial charge on any atom is 0.244 e. The molecule has 2 aromatic carbocycles. The standard InChI is InChI=1S/C18H19ClN2O3S/c1-13(18(22)21-11-10-14-6-3-5-9-17(14)21)20-25(23,24)12-15-7-2-4-8-16(15)19/h2-9,13,20H,10-12H2,1H3/t13-/m0/s1. The highest BCUT2D eigenvalue weighted by Crippen LogP contribution is 2.28. The Morgan fingerprint density at radius 3 is 2.64 bits per heavy atom. The molecule has 0 radical (unpaired) electrons. The fourth-order valence-corrected chi connectivity index (χ4v) is 4.65. The lowest BCUT2D eigenvalue weighted by atomic mass is 10.2. The number of anilines is 1. The summed E-state index contributed by atoms with van der Waals surface area (Å²) >= 11 is 6.02. The summed E-state index contributed by atoms with van der Waals surface area (Å²) < 4.78 is 27.2. The molecule has 1 aliphatic rings. The van der Waals surface area contributed by atoms with Gasteiger partial charge in [-0.25, -0.2) is 13.1 Å². The topological polar surface area (TPSA) is 66.5 Å². The number of hydrogen-bond acceptors (Lipinski definition) is 3. The van der Waals surface area contributed by atoms with Crippen molar-refractivity contribution in [3.8, 4) is 0 Å². The molecule has 2 aromatic rings. The number of carbonyl (C=O) groups is 1. The first-order valence-corrected chi connectivity index (χ1v) is 10.0. The number of halogens is 1. The van der Waals surface area contributed by atoms with Crippen molar-refractivity contribution in [3.05, 3.63) is 64.7 Å². The average Bonchev–Trinajstić information content (AvgIpc) is 2.99. The van der Waals surface area contributed by atoms with E-state index in [1.165, 1.54) is 0 Å². The zero-order valence-electron chi connectivity index (χ0n) is 13.8. The Hall–Kier alpha value is -1.89. The van der Waals surface area contributed by atoms with Gasteiger partial charge in [0.25, 0.3) is 0 Å². The average molecular weight is 379 g/mol. The van der Waals surface area contributed by atoms with Gasteiger partial charge < -0.3 is 4.90 Å². The van der Waals surface area contributed by atoms with Gasteiger partial charge in [0.1, 0.15) is 0 Å². The molecule has 0 saturated heterocycles. The third-order valence-electron chi connectivity index (χ3n) is 4.18. The minimum Gasteiger partial charge on any atom is -0.310 e. The first-order valence-electron chi connectivity index (χ1n) is 8.00. The Bertz CT molecular complexity index is 899. The molecular weight excluding hydrogens is 360 g/mol. The third-order valence-corrected chi connectivity index (χ3v) is 5.96. The van der Waals surface area contributed by atoms with Crippen LogP contribution in [0.15, 0.2) is 48.5 Å². The van der Waals surface area contributed by atoms with Crippen LogP contribution in [0.4, 0.5) is 5.69 Å². The van der Waals surface area contributed by atoms with Crippen molar-refractivity contribution in [1.29, 1.82) is 0 Å². The molecule has 1 atom stereocenters. The number of para-hydroxylation sites is 1. The largest absolute Gasteiger partial charge is 0.310 e. The van der Waals surface area contributed by atoms with Gasteiger partial charge >= 0.3 is 0 Å². The van der Waals surface area contributed by atoms with E-state index < -0.39 is 16.1 Å². The van der Waals surface area contributed by atoms with Crippen molar-refractivity contribution in [2.75, 3.05) is 11.4 Å². The highest BCUT2D eigenvalue weighted by molar-refractivity contribution is 7.88. The predicted octanol–water partition coefficient (Wildman–Crippen LogP) is 2.74. The second-order valence-electron chi connectivity index (χ2n) is 6.06. The lowest BCUT2D eigenvalue weighted by Crippen LogP contribution is -2.46. The fraction of sp³-hybridized carbons (Fsp3) is 0.278. The van der Waals surface area contributed by atoms with E-state index in [0.29, 0.717) is 17.1 Å². The predicted molar refractivity (Wildman–Crippen MR) is 99.2 cm³/mol. The van der Waals surface area contributed by atoms with Gasteiger partial charge in [0, 0.05) is 17.3 Å². The Kier molecular flexibility index (Phi) is 5.13. The van der Waals surface area contributed by atoms with Crippen molar-refractivity contribution in [3.63, 3.8) is 0 Å². The van der Waals surface area contributed by atoms with E-state index in [9.17, 15) is 13.2 Å². The molecule has 0 saturated carbocycles. The monoisotopic (exact) mass is 378 g/mol. The van der Waals surface area contributed by atoms with Gasteiger partial charge in [0.15, 0.2) is 0 Å². The summed E-state index contributed by atoms with van der Waals surface area (Å²) in [6, 6.07) is 13.6. The van der Waals surface area contributed by atoms with Gasteiger partial charge in [-0.2, -0.15) is 0 Å². The molecule has 7 heteroatoms. The molecule has 0 bridgehead atoms. The SMILES string of the molecule is C[C@H](NS(=O)(=O)Cc1ccccc1Cl)C(=O)N1CCc2ccccc21. The van der Waals surface area contributed by atoms with E-state index in [0.717, 1.165) is 17.7 Å². The third kappa shape index (κ3) is 4.03. The van der Waals surface area contributed by atoms with Crippen LogP contribution in [0, 0.1) is 0 Å². The zero-order valence-corrected chi connectivity index (χ0v) is 15.3. The van der Waals surface area contributed by atoms with Crippen molar-refractivity contribution >= 4 is 33.2 Å². The number of rotatable bonds is 5. The summed E-state index contributed by atoms with van der Waals surface area (Å²) in [6.45, 7) is 2.13. The van der Waals surface area contributed by atoms with Gasteiger partial charge in [0.2, 0.25) is 15.9 Å². The quantitative estimate of drug-likeness (QED) is 0.869. The van der Waals surface area contributed by atoms with Crippen LogP contribution in [0.25, 0.3) is 0 Å². The van der Waals surface area contributed by atoms with E-state index in [4.69, 9.17) is 11.6 Å². The number of sulfonamides is 1. The second-order valence-corrected chi connectivity index (χ2v) is 8.22. The summed E-state index contributed by atoms with van der Waals surface area (Å²) in [5.74, 6) is -0.520. The molecule has 0 fully saturated rings. The second kappa shape index (κ2) is 7.15. The van der Waals surface area contributed by atoms with Crippen molar-refractivity contribution in [1.82, 2.24) is 4.72 Å². The van der Waals surface area contributed by atoms with Crippen LogP contribution in [-0.2, 0) is 27.0 Å². The number of fused-ring (bicyclic) bond motifs is 1. The highest BCUT2D eigenvalue weighted by atomic mass is 35.5. The van der Waals surface area contributed by atoms with Crippen LogP contribution in [0.3, 0.4) is 0 Å². The van der Waals surface area contributed by atoms with Gasteiger partial charge in [-0.15, -0.1) is 0 Å². The first-order chi connectivity index (χ1) is 11.9. The van der Waals surface area contributed by atoms with Crippen molar-refractivity contribution < 1.29 is 13.2 Å². The number of amides is 1. The molecule has 0 aliphatic carbocycles. The summed E-state index contributed by atoms with van der Waals surface area (Å²) in [5.41, 5.74) is 2.45. The van der Waals surface area contributed by atoms with Crippen LogP contribution >= 0.6 is 11.6 Å². The molecule has 132 valence electrons. The summed E-state index contributed by atoms with van der Waals surface area (Å²) in [5, 5.41) is 0.389. The molecule has 0 unspecified atom stereocenters. The lowest BCUT2D eigenvalue weighted by Gasteiger charge is -2.22. The molecular formula is C18H19ClN2O3S. The van der Waals surface area contributed by atoms with E-state index >= 15 is 0 Å². The molecule has 3 rings (SSSR count). The number of carbonyl (C=O) groups excluding carboxylic acids is 1. The van der Waals surface area contributed by atoms with Gasteiger partial charge in [-0.1, -0.05) is 48.0 Å². The van der Waals surface area contributed by atoms with E-state index in [1.807, 2.05) is 24.3 Å². The van der Waals surface area contributed by atoms with Gasteiger partial charge in [-0.05, 0) is 36.6 Å². The summed E-state index contributed by atoms with van der Waals surface area (Å²) in [4.78, 5) is 14.3. The number of benzene rings is 2. The van der Waals surface area contributed by atoms with Gasteiger partial charge in [0.05, 0.1) is 11.8 Å². The van der Waals surface area contributed by atoms with Gasteiger partial charge in [-0.3, -0.25) is 4.79 Å². The molecule has 0 spiro atoms. The van der Waals surface area contributed by atoms with Crippen LogP contribution in [0.5, 0.6) is 0 Å². The van der Waals surface area contributed by atoms with Crippen LogP contribution in [0.2, 0.25) is 5.02 Å². The summed E-state index contributed by atoms with van der Waals surface area (Å²) in [7, 11) is -3.69. The molecule has 25 heavy (non-hydrogen) atoms. The highest BCUT2D eigenvalue weighted by Gasteiger charge is 2.30. The lowest BCUT2D eigenvalue weighted by molar-refractivity contribution is -0.119. The Balaban J connectivity index is 1.70. The van der Waals surface area contributed by atoms with E-state index in [2.05, 4.69) is 4.72 Å². The molecule has 0 aromatic heterocycles. The number of nitrogens with zero attached hydrogens (tertiary/aromatic N) is 1. The summed E-state index contributed by atoms with van der Waals surface area (Å²) in [6.07, 6.45) is 0.779. The smallest absolute Gasteiger partial charge is 0.244 e. The Labute approximate surface area is 152 Å². The van der Waals surface area contributed by atoms with Crippen LogP contribution in [0.1, 0.15) is 18.1 Å². The maximum atomic E-state index is 12.7. The minimum absolute atomic E-state index is 0.257. The zero-order chi connectivity index (χ0) is 18.0. The van der Waals surface area contributed by atoms with Crippen molar-refractivity contribution in [2.45, 2.75) is 25.1 Å². The van der Waals surface area contributed by atoms with Crippen LogP contribution < -0.4 is 9.62 Å². The first kappa shape index (κ1) is 17.9. The van der Waals surface area contributed by atoms with E-state index in [-0.39, 0.29) is 11.7 Å². The van der Waals surface area contributed by atoms with Crippen LogP contribution in [-0.4, -0.2) is 26.9 Å². The maximum absolute atomic E-state index is 12.7. The fourth-order valence-electron chi connectivity index (χ4n) is 2.98. The molecule has 5 nitrogen and oxygen atoms in total. The molecule has 1 N–H and O–H groups in total. The normalized spacial score (nSPS) is 15.0. The van der Waals surface area contributed by atoms with E-state index in [1.54, 1.807) is 36.1 Å².